The first-order valence-corrected chi connectivity index (χ1v) is 12.0. The van der Waals surface area contributed by atoms with Crippen LogP contribution in [0.3, 0.4) is 0 Å². The lowest BCUT2D eigenvalue weighted by atomic mass is 9.96. The molecule has 0 saturated carbocycles. The smallest absolute Gasteiger partial charge is 0.236 e. The molecule has 160 valence electrons. The number of carbonyl (C=O) groups excluding carboxylic acids is 1. The van der Waals surface area contributed by atoms with Gasteiger partial charge in [0.15, 0.2) is 0 Å². The largest absolute Gasteiger partial charge is 0.353 e. The minimum atomic E-state index is -3.47. The normalized spacial score (nSPS) is 17.1. The molecule has 2 aromatic rings. The predicted octanol–water partition coefficient (Wildman–Crippen LogP) is 3.84. The Kier molecular flexibility index (Phi) is 7.82. The van der Waals surface area contributed by atoms with Gasteiger partial charge in [0, 0.05) is 30.5 Å². The fraction of sp³-hybridized carbons (Fsp3) is 0.375. The Balaban J connectivity index is 1.45. The molecule has 1 heterocycles. The third-order valence-electron chi connectivity index (χ3n) is 5.51. The number of hydrogen-bond donors (Lipinski definition) is 1. The first-order chi connectivity index (χ1) is 14.4. The second kappa shape index (κ2) is 10.5. The molecule has 0 spiro atoms. The van der Waals surface area contributed by atoms with Gasteiger partial charge in [-0.15, -0.1) is 0 Å². The minimum absolute atomic E-state index is 0.0347. The van der Waals surface area contributed by atoms with E-state index in [9.17, 15) is 13.2 Å². The second-order valence-electron chi connectivity index (χ2n) is 7.87. The van der Waals surface area contributed by atoms with Crippen LogP contribution >= 0.6 is 0 Å². The molecule has 2 aromatic carbocycles. The number of hydrogen-bond acceptors (Lipinski definition) is 3. The topological polar surface area (TPSA) is 66.5 Å². The summed E-state index contributed by atoms with van der Waals surface area (Å²) < 4.78 is 26.6. The summed E-state index contributed by atoms with van der Waals surface area (Å²) in [6.07, 6.45) is 4.52. The van der Waals surface area contributed by atoms with E-state index in [1.165, 1.54) is 15.3 Å². The van der Waals surface area contributed by atoms with Crippen molar-refractivity contribution < 1.29 is 13.2 Å². The zero-order chi connectivity index (χ0) is 21.4. The summed E-state index contributed by atoms with van der Waals surface area (Å²) >= 11 is 0. The number of sulfonamides is 1. The number of amides is 1. The van der Waals surface area contributed by atoms with Crippen molar-refractivity contribution in [3.8, 4) is 0 Å². The molecule has 1 fully saturated rings. The summed E-state index contributed by atoms with van der Waals surface area (Å²) in [4.78, 5) is 12.6. The van der Waals surface area contributed by atoms with Crippen LogP contribution in [0.15, 0.2) is 66.1 Å². The number of benzene rings is 2. The number of aryl methyl sites for hydroxylation is 1. The molecule has 1 N–H and O–H groups in total. The summed E-state index contributed by atoms with van der Waals surface area (Å²) in [7, 11) is -3.47. The van der Waals surface area contributed by atoms with Crippen LogP contribution in [0.4, 0.5) is 0 Å². The van der Waals surface area contributed by atoms with Crippen molar-refractivity contribution >= 4 is 22.0 Å². The Morgan fingerprint density at radius 1 is 1.07 bits per heavy atom. The van der Waals surface area contributed by atoms with Crippen molar-refractivity contribution in [2.75, 3.05) is 13.1 Å². The van der Waals surface area contributed by atoms with E-state index >= 15 is 0 Å². The fourth-order valence-electron chi connectivity index (χ4n) is 3.65. The van der Waals surface area contributed by atoms with Crippen molar-refractivity contribution in [2.45, 2.75) is 38.6 Å². The third-order valence-corrected chi connectivity index (χ3v) is 7.08. The van der Waals surface area contributed by atoms with Gasteiger partial charge in [0.1, 0.15) is 0 Å². The molecule has 1 aliphatic heterocycles. The Labute approximate surface area is 179 Å². The average Bonchev–Trinajstić information content (AvgIpc) is 2.78. The van der Waals surface area contributed by atoms with Gasteiger partial charge in [-0.05, 0) is 49.8 Å². The molecule has 1 aliphatic rings. The number of nitrogens with one attached hydrogen (secondary N) is 1. The van der Waals surface area contributed by atoms with Crippen LogP contribution in [0.5, 0.6) is 0 Å². The minimum Gasteiger partial charge on any atom is -0.353 e. The van der Waals surface area contributed by atoms with E-state index in [4.69, 9.17) is 0 Å². The first kappa shape index (κ1) is 22.2. The van der Waals surface area contributed by atoms with E-state index < -0.39 is 10.0 Å². The Hall–Kier alpha value is -2.44. The van der Waals surface area contributed by atoms with Crippen LogP contribution in [0.25, 0.3) is 6.08 Å². The van der Waals surface area contributed by atoms with Crippen LogP contribution in [0, 0.1) is 5.92 Å². The van der Waals surface area contributed by atoms with Gasteiger partial charge in [0.05, 0.1) is 0 Å². The molecular weight excluding hydrogens is 396 g/mol. The van der Waals surface area contributed by atoms with Crippen LogP contribution in [0.1, 0.15) is 37.3 Å². The highest BCUT2D eigenvalue weighted by atomic mass is 32.2. The molecule has 1 atom stereocenters. The Morgan fingerprint density at radius 2 is 1.67 bits per heavy atom. The zero-order valence-electron chi connectivity index (χ0n) is 17.4. The van der Waals surface area contributed by atoms with Gasteiger partial charge < -0.3 is 5.32 Å². The van der Waals surface area contributed by atoms with Gasteiger partial charge in [-0.25, -0.2) is 8.42 Å². The molecule has 0 bridgehead atoms. The SMILES string of the molecule is C[C@@H](CCc1ccccc1)NC(=O)C1CCN(S(=O)(=O)/C=C/c2ccccc2)CC1. The third kappa shape index (κ3) is 6.54. The maximum atomic E-state index is 12.6. The first-order valence-electron chi connectivity index (χ1n) is 10.5. The standard InChI is InChI=1S/C24H30N2O3S/c1-20(12-13-21-8-4-2-5-9-21)25-24(27)23-14-17-26(18-15-23)30(28,29)19-16-22-10-6-3-7-11-22/h2-11,16,19-20,23H,12-15,17-18H2,1H3,(H,25,27)/b19-16+/t20-/m0/s1. The van der Waals surface area contributed by atoms with E-state index in [0.29, 0.717) is 25.9 Å². The van der Waals surface area contributed by atoms with Gasteiger partial charge >= 0.3 is 0 Å². The van der Waals surface area contributed by atoms with E-state index in [1.807, 2.05) is 55.5 Å². The highest BCUT2D eigenvalue weighted by Crippen LogP contribution is 2.21. The highest BCUT2D eigenvalue weighted by Gasteiger charge is 2.30. The van der Waals surface area contributed by atoms with Crippen molar-refractivity contribution in [1.82, 2.24) is 9.62 Å². The Bertz CT molecular complexity index is 935. The monoisotopic (exact) mass is 426 g/mol. The summed E-state index contributed by atoms with van der Waals surface area (Å²) in [6, 6.07) is 19.7. The quantitative estimate of drug-likeness (QED) is 0.697. The molecule has 0 aromatic heterocycles. The highest BCUT2D eigenvalue weighted by molar-refractivity contribution is 7.92. The van der Waals surface area contributed by atoms with Gasteiger partial charge in [-0.1, -0.05) is 60.7 Å². The summed E-state index contributed by atoms with van der Waals surface area (Å²) in [6.45, 7) is 2.77. The van der Waals surface area contributed by atoms with Crippen LogP contribution in [0.2, 0.25) is 0 Å². The van der Waals surface area contributed by atoms with Crippen LogP contribution < -0.4 is 5.32 Å². The van der Waals surface area contributed by atoms with Crippen molar-refractivity contribution in [2.24, 2.45) is 5.92 Å². The molecule has 1 amide bonds. The van der Waals surface area contributed by atoms with Crippen LogP contribution in [-0.2, 0) is 21.2 Å². The number of carbonyl (C=O) groups is 1. The van der Waals surface area contributed by atoms with E-state index in [1.54, 1.807) is 6.08 Å². The van der Waals surface area contributed by atoms with Gasteiger partial charge in [-0.3, -0.25) is 4.79 Å². The van der Waals surface area contributed by atoms with Crippen molar-refractivity contribution in [1.29, 1.82) is 0 Å². The zero-order valence-corrected chi connectivity index (χ0v) is 18.2. The molecule has 1 saturated heterocycles. The average molecular weight is 427 g/mol. The molecule has 6 heteroatoms. The molecule has 0 radical (unpaired) electrons. The van der Waals surface area contributed by atoms with Gasteiger partial charge in [-0.2, -0.15) is 4.31 Å². The maximum Gasteiger partial charge on any atom is 0.236 e. The number of piperidine rings is 1. The van der Waals surface area contributed by atoms with Crippen LogP contribution in [-0.4, -0.2) is 37.8 Å². The van der Waals surface area contributed by atoms with Crippen molar-refractivity contribution in [3.05, 3.63) is 77.2 Å². The maximum absolute atomic E-state index is 12.6. The van der Waals surface area contributed by atoms with E-state index in [0.717, 1.165) is 18.4 Å². The van der Waals surface area contributed by atoms with E-state index in [2.05, 4.69) is 17.4 Å². The lowest BCUT2D eigenvalue weighted by Crippen LogP contribution is -2.44. The fourth-order valence-corrected chi connectivity index (χ4v) is 4.87. The molecule has 3 rings (SSSR count). The van der Waals surface area contributed by atoms with E-state index in [-0.39, 0.29) is 17.9 Å². The molecule has 0 unspecified atom stereocenters. The summed E-state index contributed by atoms with van der Waals surface area (Å²) in [5.41, 5.74) is 2.11. The molecule has 30 heavy (non-hydrogen) atoms. The number of rotatable bonds is 8. The number of nitrogens with zero attached hydrogens (tertiary/aromatic N) is 1. The second-order valence-corrected chi connectivity index (χ2v) is 9.68. The van der Waals surface area contributed by atoms with Gasteiger partial charge in [0.2, 0.25) is 15.9 Å². The van der Waals surface area contributed by atoms with Crippen molar-refractivity contribution in [3.63, 3.8) is 0 Å². The predicted molar refractivity (Wildman–Crippen MR) is 121 cm³/mol. The molecule has 5 nitrogen and oxygen atoms in total. The lowest BCUT2D eigenvalue weighted by Gasteiger charge is -2.30. The molecular formula is C24H30N2O3S. The summed E-state index contributed by atoms with van der Waals surface area (Å²) in [5, 5.41) is 4.36. The summed E-state index contributed by atoms with van der Waals surface area (Å²) in [5.74, 6) is -0.0961. The Morgan fingerprint density at radius 3 is 2.30 bits per heavy atom. The van der Waals surface area contributed by atoms with Gasteiger partial charge in [0.25, 0.3) is 0 Å². The molecule has 0 aliphatic carbocycles. The lowest BCUT2D eigenvalue weighted by molar-refractivity contribution is -0.126.